The summed E-state index contributed by atoms with van der Waals surface area (Å²) in [4.78, 5) is 106. The summed E-state index contributed by atoms with van der Waals surface area (Å²) in [7, 11) is 1.63. The number of halogens is 12. The molecule has 12 aromatic rings. The molecule has 8 aromatic heterocycles. The summed E-state index contributed by atoms with van der Waals surface area (Å²) in [5, 5.41) is 66.7. The molecule has 14 rings (SSSR count). The van der Waals surface area contributed by atoms with Gasteiger partial charge in [0.05, 0.1) is 111 Å². The molecule has 2 aliphatic rings. The van der Waals surface area contributed by atoms with Crippen LogP contribution >= 0.6 is 157 Å². The number of hydrogen-bond donors (Lipinski definition) is 2. The van der Waals surface area contributed by atoms with E-state index in [1.54, 1.807) is 116 Å². The van der Waals surface area contributed by atoms with Crippen molar-refractivity contribution in [3.63, 3.8) is 0 Å². The van der Waals surface area contributed by atoms with Crippen molar-refractivity contribution in [3.8, 4) is 17.0 Å². The van der Waals surface area contributed by atoms with Crippen LogP contribution < -0.4 is 188 Å². The van der Waals surface area contributed by atoms with Gasteiger partial charge in [0.25, 0.3) is 12.9 Å². The fraction of sp³-hybridized carbons (Fsp3) is 0.261. The normalized spacial score (nSPS) is 12.1. The molecule has 0 saturated carbocycles. The van der Waals surface area contributed by atoms with Crippen LogP contribution in [-0.2, 0) is 89.2 Å². The third-order valence-corrected chi connectivity index (χ3v) is 21.4. The third kappa shape index (κ3) is 51.6. The minimum Gasteiger partial charge on any atom is -1.00 e. The standard InChI is InChI=1S/C15H13BrClN3O2.C14H9BrClN3O.C14H8BrClN2O.C11H13ClN2O4.C9H9ClN2O3.C8H9ClN2O2.C7H14O.C6H6BrN.C4H2Cl2N2.C3H6O2.CH2O3.2Cs.Na.2H/c1-2-22-15(21)10(12-7-8-14(17)20-19-12)9-18-13-6-4-3-5-11(13)16;1-20-14-8-3-2-4-10(15)13(8)17-7-9(14)11-5-6-12(16)19-18-11;15-11-3-1-2-9-8(11)4-5-10(14(9)19)12-6-7-13(16)18-17-12;1-3-17-10(15)9(11(16)18-4-2)7-5-6-8(12)14-13-7;1-2-15-9(14)6(5-13)7-3-4-8(10)12-11-7;1-2-13-8(12)5-6-3-4-7(9)11-10-6;1-6-4-3-5-7(2)8-6;7-5-3-1-2-4-6(5)8;5-3-1-2-4(6)8-7-3;1-2-5-3-4;2-1-4-3;;;;;/h3-9,18H,2H2,1H3;2-7H,1H3;1-3,5-7H,4H2;5-6,9H,3-4H2,1-2H3;3-6H,2H2,1H3;3-4H,2,5H2,1H3;6-7H,3-5H2,1-2H3;1-4H,8H2;1-2H;3H,2H2,1H3;1,3H;;;;;/q;;;;;;;;;;;3*+1;2*-1/p-1/b10-9+;;;;;;;;;;;;;;;/t;;;;;;6-,7+;;;;;;;;;. The summed E-state index contributed by atoms with van der Waals surface area (Å²) in [5.74, 6) is -4.43. The van der Waals surface area contributed by atoms with Crippen molar-refractivity contribution in [3.05, 3.63) is 287 Å². The third-order valence-electron chi connectivity index (χ3n) is 17.0. The van der Waals surface area contributed by atoms with Crippen LogP contribution in [0.3, 0.4) is 0 Å². The van der Waals surface area contributed by atoms with E-state index in [1.807, 2.05) is 91.0 Å². The van der Waals surface area contributed by atoms with Crippen molar-refractivity contribution < 1.29 is 261 Å². The summed E-state index contributed by atoms with van der Waals surface area (Å²) in [6, 6.07) is 48.8. The van der Waals surface area contributed by atoms with Gasteiger partial charge in [0.15, 0.2) is 58.8 Å². The Kier molecular flexibility index (Phi) is 73.3. The molecule has 36 nitrogen and oxygen atoms in total. The molecular formula is C92H92Br4Cl8Cs2N17NaO19. The maximum Gasteiger partial charge on any atom is 1.00 e. The zero-order valence-corrected chi connectivity index (χ0v) is 106. The van der Waals surface area contributed by atoms with E-state index in [2.05, 4.69) is 169 Å². The Morgan fingerprint density at radius 3 is 1.40 bits per heavy atom. The van der Waals surface area contributed by atoms with Crippen LogP contribution in [0, 0.1) is 0 Å². The Balaban J connectivity index is 0. The number of hydrogen-bond acceptors (Lipinski definition) is 36. The minimum absolute atomic E-state index is 0. The first-order valence-electron chi connectivity index (χ1n) is 41.4. The topological polar surface area (TPSA) is 491 Å². The number of carbonyl (C=O) groups is 9. The van der Waals surface area contributed by atoms with Crippen LogP contribution in [0.5, 0.6) is 5.75 Å². The van der Waals surface area contributed by atoms with Gasteiger partial charge >= 0.3 is 197 Å². The Labute approximate surface area is 1040 Å². The van der Waals surface area contributed by atoms with E-state index in [0.717, 1.165) is 51.3 Å². The molecule has 1 aliphatic carbocycles. The van der Waals surface area contributed by atoms with Crippen LogP contribution in [-0.4, -0.2) is 190 Å². The number of ether oxygens (including phenoxy) is 8. The van der Waals surface area contributed by atoms with Crippen molar-refractivity contribution in [2.45, 2.75) is 112 Å². The molecule has 143 heavy (non-hydrogen) atoms. The number of para-hydroxylation sites is 3. The summed E-state index contributed by atoms with van der Waals surface area (Å²) in [6.45, 7) is 16.4. The molecule has 51 heteroatoms. The van der Waals surface area contributed by atoms with Gasteiger partial charge in [0, 0.05) is 52.5 Å². The van der Waals surface area contributed by atoms with Gasteiger partial charge < -0.3 is 66.7 Å². The van der Waals surface area contributed by atoms with Crippen molar-refractivity contribution in [1.82, 2.24) is 76.4 Å². The fourth-order valence-electron chi connectivity index (χ4n) is 10.9. The Hall–Kier alpha value is -6.38. The van der Waals surface area contributed by atoms with Gasteiger partial charge in [-0.15, -0.1) is 56.1 Å². The van der Waals surface area contributed by atoms with E-state index in [1.165, 1.54) is 49.7 Å². The average molecular weight is 2630 g/mol. The second kappa shape index (κ2) is 77.9. The summed E-state index contributed by atoms with van der Waals surface area (Å²) in [6.07, 6.45) is 11.3. The number of aromatic nitrogens is 15. The molecule has 1 fully saturated rings. The van der Waals surface area contributed by atoms with Gasteiger partial charge in [0.2, 0.25) is 0 Å². The maximum atomic E-state index is 12.5. The van der Waals surface area contributed by atoms with Gasteiger partial charge in [-0.05, 0) is 262 Å². The Morgan fingerprint density at radius 1 is 0.510 bits per heavy atom. The number of carbonyl (C=O) groups excluding carboxylic acids is 9. The Bertz CT molecular complexity index is 5920. The number of nitrogens with one attached hydrogen (secondary N) is 1. The molecule has 0 radical (unpaired) electrons. The molecule has 0 bridgehead atoms. The van der Waals surface area contributed by atoms with Gasteiger partial charge in [-0.3, -0.25) is 38.5 Å². The van der Waals surface area contributed by atoms with E-state index in [4.69, 9.17) is 142 Å². The molecular weight excluding hydrogens is 2540 g/mol. The number of allylic oxidation sites excluding steroid dienone is 2. The molecule has 1 saturated heterocycles. The first-order chi connectivity index (χ1) is 67.2. The van der Waals surface area contributed by atoms with E-state index in [0.29, 0.717) is 110 Å². The van der Waals surface area contributed by atoms with Crippen molar-refractivity contribution in [2.24, 2.45) is 0 Å². The number of anilines is 2. The minimum atomic E-state index is -1.23. The number of rotatable bonds is 23. The zero-order valence-electron chi connectivity index (χ0n) is 80.8. The first-order valence-corrected chi connectivity index (χ1v) is 47.6. The fourth-order valence-corrected chi connectivity index (χ4v) is 13.4. The molecule has 0 amide bonds. The van der Waals surface area contributed by atoms with E-state index in [9.17, 15) is 38.4 Å². The number of aldehydes is 1. The van der Waals surface area contributed by atoms with E-state index < -0.39 is 35.7 Å². The molecule has 746 valence electrons. The predicted molar refractivity (Wildman–Crippen MR) is 543 cm³/mol. The second-order valence-electron chi connectivity index (χ2n) is 26.7. The summed E-state index contributed by atoms with van der Waals surface area (Å²) >= 11 is 58.2. The maximum absolute atomic E-state index is 12.5. The molecule has 0 spiro atoms. The van der Waals surface area contributed by atoms with Crippen LogP contribution in [0.15, 0.2) is 206 Å². The van der Waals surface area contributed by atoms with Crippen molar-refractivity contribution in [1.29, 1.82) is 0 Å². The van der Waals surface area contributed by atoms with Gasteiger partial charge in [0.1, 0.15) is 23.3 Å². The van der Waals surface area contributed by atoms with Gasteiger partial charge in [-0.1, -0.05) is 157 Å². The number of methoxy groups -OCH3 is 1. The van der Waals surface area contributed by atoms with Crippen molar-refractivity contribution in [2.75, 3.05) is 57.8 Å². The number of fused-ring (bicyclic) bond motifs is 2. The molecule has 9 heterocycles. The van der Waals surface area contributed by atoms with Crippen LogP contribution in [0.4, 0.5) is 11.4 Å². The SMILES string of the molecule is CCOC(=O)/C(=C/Nc1ccccc1Br)c1ccc(Cl)nn1.CCOC(=O)C(C(=O)OCC)c1ccc(Cl)nn1.CCOC(=O)C(C=O)c1ccc(Cl)nn1.CCOC(=O)Cc1ccc(Cl)nn1.CCOC=O.COc1c(-c2ccc(Cl)nn2)cnc2c(Br)cccc12.C[C@@H]1CCC[C@H](C)O1.Clc1ccc(Cl)nn1.Nc1ccccc1Br.O=C1C(c2ccc(Cl)nn2)=CCc2c(Br)cccc21.O=CO[O-].[Cs+].[Cs+].[H-].[H-].[Na+]. The number of esters is 5. The monoisotopic (exact) mass is 2620 g/mol. The average Bonchev–Trinajstić information content (AvgIpc) is 0.779. The Morgan fingerprint density at radius 2 is 0.972 bits per heavy atom. The zero-order chi connectivity index (χ0) is 103. The van der Waals surface area contributed by atoms with E-state index in [-0.39, 0.29) is 254 Å². The molecule has 4 aromatic carbocycles. The van der Waals surface area contributed by atoms with Crippen molar-refractivity contribution >= 4 is 245 Å². The van der Waals surface area contributed by atoms with Crippen LogP contribution in [0.25, 0.3) is 33.3 Å². The quantitative estimate of drug-likeness (QED) is 0.00691. The number of nitrogens with two attached hydrogens (primary N) is 1. The molecule has 3 atom stereocenters. The summed E-state index contributed by atoms with van der Waals surface area (Å²) in [5.41, 5.74) is 13.8. The van der Waals surface area contributed by atoms with Crippen LogP contribution in [0.1, 0.15) is 134 Å². The number of Topliss-reactive ketones (excluding diaryl/α,β-unsaturated/α-hetero) is 1. The van der Waals surface area contributed by atoms with Crippen LogP contribution in [0.2, 0.25) is 41.2 Å². The number of nitrogens with zero attached hydrogens (tertiary/aromatic N) is 15. The molecule has 1 aliphatic heterocycles. The molecule has 1 unspecified atom stereocenters. The van der Waals surface area contributed by atoms with Gasteiger partial charge in [-0.25, -0.2) is 4.79 Å². The first kappa shape index (κ1) is 135. The number of benzene rings is 4. The molecule has 3 N–H and O–H groups in total. The van der Waals surface area contributed by atoms with Gasteiger partial charge in [-0.2, -0.15) is 15.3 Å². The number of pyridine rings is 1. The largest absolute Gasteiger partial charge is 1.00 e. The number of nitrogen functional groups attached to an aromatic ring is 1. The predicted octanol–water partition coefficient (Wildman–Crippen LogP) is 10.9. The van der Waals surface area contributed by atoms with E-state index >= 15 is 0 Å². The second-order valence-corrected chi connectivity index (χ2v) is 33.2. The summed E-state index contributed by atoms with van der Waals surface area (Å²) < 4.78 is 43.0. The number of ketones is 1. The smallest absolute Gasteiger partial charge is 1.00 e.